The maximum atomic E-state index is 14.2. The molecular weight excluding hydrogens is 634 g/mol. The van der Waals surface area contributed by atoms with E-state index in [1.54, 1.807) is 32.1 Å². The van der Waals surface area contributed by atoms with Gasteiger partial charge in [-0.15, -0.1) is 10.2 Å². The van der Waals surface area contributed by atoms with Crippen molar-refractivity contribution in [3.63, 3.8) is 0 Å². The molecule has 0 bridgehead atoms. The Hall–Kier alpha value is -4.59. The van der Waals surface area contributed by atoms with Crippen LogP contribution in [0, 0.1) is 5.92 Å². The van der Waals surface area contributed by atoms with Gasteiger partial charge in [0, 0.05) is 24.4 Å². The molecule has 0 unspecified atom stereocenters. The summed E-state index contributed by atoms with van der Waals surface area (Å²) in [6.45, 7) is 5.29. The van der Waals surface area contributed by atoms with Gasteiger partial charge in [-0.1, -0.05) is 49.3 Å². The van der Waals surface area contributed by atoms with Crippen LogP contribution in [0.2, 0.25) is 0 Å². The fourth-order valence-electron chi connectivity index (χ4n) is 6.43. The fourth-order valence-corrected chi connectivity index (χ4v) is 7.10. The van der Waals surface area contributed by atoms with Crippen molar-refractivity contribution in [1.82, 2.24) is 35.7 Å². The number of aromatic nitrogens is 4. The number of hydrogen-bond acceptors (Lipinski definition) is 9. The summed E-state index contributed by atoms with van der Waals surface area (Å²) < 4.78 is 5.46. The van der Waals surface area contributed by atoms with E-state index in [2.05, 4.69) is 37.5 Å². The van der Waals surface area contributed by atoms with Gasteiger partial charge in [-0.25, -0.2) is 9.59 Å². The van der Waals surface area contributed by atoms with Crippen molar-refractivity contribution in [1.29, 1.82) is 0 Å². The summed E-state index contributed by atoms with van der Waals surface area (Å²) in [5.41, 5.74) is 0.757. The number of carbonyl (C=O) groups excluding carboxylic acids is 3. The zero-order valence-electron chi connectivity index (χ0n) is 27.3. The van der Waals surface area contributed by atoms with E-state index in [9.17, 15) is 24.3 Å². The van der Waals surface area contributed by atoms with E-state index in [1.165, 1.54) is 9.70 Å². The van der Waals surface area contributed by atoms with Crippen LogP contribution in [-0.2, 0) is 19.1 Å². The molecule has 4 heterocycles. The number of benzene rings is 1. The van der Waals surface area contributed by atoms with Crippen LogP contribution in [0.5, 0.6) is 0 Å². The number of tetrazole rings is 1. The lowest BCUT2D eigenvalue weighted by Gasteiger charge is -2.30. The van der Waals surface area contributed by atoms with Crippen molar-refractivity contribution in [3.8, 4) is 22.5 Å². The first-order chi connectivity index (χ1) is 22.9. The first kappa shape index (κ1) is 33.3. The average Bonchev–Trinajstić information content (AvgIpc) is 3.53. The van der Waals surface area contributed by atoms with Crippen molar-refractivity contribution in [2.24, 2.45) is 5.92 Å². The highest BCUT2D eigenvalue weighted by atomic mass is 32.1. The van der Waals surface area contributed by atoms with Gasteiger partial charge in [-0.05, 0) is 79.6 Å². The molecule has 1 saturated heterocycles. The van der Waals surface area contributed by atoms with E-state index in [-0.39, 0.29) is 25.3 Å². The van der Waals surface area contributed by atoms with Crippen LogP contribution < -0.4 is 10.6 Å². The van der Waals surface area contributed by atoms with Crippen LogP contribution in [0.3, 0.4) is 0 Å². The Labute approximate surface area is 282 Å². The topological polar surface area (TPSA) is 169 Å². The Morgan fingerprint density at radius 3 is 2.56 bits per heavy atom. The summed E-state index contributed by atoms with van der Waals surface area (Å²) in [5.74, 6) is -2.07. The molecule has 14 heteroatoms. The van der Waals surface area contributed by atoms with Gasteiger partial charge in [-0.2, -0.15) is 16.1 Å². The number of thiophene rings is 1. The predicted molar refractivity (Wildman–Crippen MR) is 178 cm³/mol. The van der Waals surface area contributed by atoms with Gasteiger partial charge in [0.2, 0.25) is 17.6 Å². The molecule has 3 N–H and O–H groups in total. The van der Waals surface area contributed by atoms with Gasteiger partial charge in [0.05, 0.1) is 6.04 Å². The monoisotopic (exact) mass is 675 g/mol. The Kier molecular flexibility index (Phi) is 9.37. The lowest BCUT2D eigenvalue weighted by molar-refractivity contribution is -0.145. The number of nitrogens with one attached hydrogen (secondary N) is 2. The number of carbonyl (C=O) groups is 4. The van der Waals surface area contributed by atoms with E-state index in [0.717, 1.165) is 36.0 Å². The maximum Gasteiger partial charge on any atom is 0.408 e. The quantitative estimate of drug-likeness (QED) is 0.328. The first-order valence-corrected chi connectivity index (χ1v) is 17.3. The second-order valence-corrected chi connectivity index (χ2v) is 14.5. The summed E-state index contributed by atoms with van der Waals surface area (Å²) in [6, 6.07) is 7.38. The van der Waals surface area contributed by atoms with Gasteiger partial charge in [-0.3, -0.25) is 9.59 Å². The standard InChI is InChI=1S/C34H41N7O6S/c1-33(2,3)47-32(46)35-26-10-8-6-4-5-7-9-24-18-34(24,31(44)45)36-29(42)27-17-25(19-40(27)30(26)43)41-38-28(37-39-41)22-13-11-21(12-14-22)23-15-16-48-20-23/h7,9,11-16,20,24-27H,4-6,8,10,17-19H2,1-3H3,(H,35,46)(H,36,42)(H,44,45)/b9-7-/t24-,25+,26-,27+,34+/m1/s1. The van der Waals surface area contributed by atoms with Crippen LogP contribution in [0.4, 0.5) is 4.79 Å². The summed E-state index contributed by atoms with van der Waals surface area (Å²) in [7, 11) is 0. The van der Waals surface area contributed by atoms with Crippen molar-refractivity contribution in [2.45, 2.75) is 95.0 Å². The van der Waals surface area contributed by atoms with Gasteiger partial charge in [0.25, 0.3) is 0 Å². The van der Waals surface area contributed by atoms with E-state index >= 15 is 0 Å². The van der Waals surface area contributed by atoms with Crippen LogP contribution >= 0.6 is 11.3 Å². The van der Waals surface area contributed by atoms with Gasteiger partial charge in [0.15, 0.2) is 0 Å². The molecule has 3 aliphatic rings. The van der Waals surface area contributed by atoms with Crippen molar-refractivity contribution in [3.05, 3.63) is 53.2 Å². The number of carboxylic acid groups (broad SMARTS) is 1. The Balaban J connectivity index is 1.27. The number of fused-ring (bicyclic) bond motifs is 2. The van der Waals surface area contributed by atoms with Gasteiger partial charge < -0.3 is 25.4 Å². The largest absolute Gasteiger partial charge is 0.479 e. The number of aliphatic carboxylic acids is 1. The third-order valence-corrected chi connectivity index (χ3v) is 9.76. The molecule has 0 spiro atoms. The summed E-state index contributed by atoms with van der Waals surface area (Å²) in [5, 5.41) is 32.9. The number of ether oxygens (including phenoxy) is 1. The number of carboxylic acids is 1. The third kappa shape index (κ3) is 7.28. The van der Waals surface area contributed by atoms with Crippen LogP contribution in [-0.4, -0.2) is 83.9 Å². The number of alkyl carbamates (subject to hydrolysis) is 1. The first-order valence-electron chi connectivity index (χ1n) is 16.4. The molecule has 13 nitrogen and oxygen atoms in total. The zero-order valence-corrected chi connectivity index (χ0v) is 28.1. The highest BCUT2D eigenvalue weighted by Gasteiger charge is 2.61. The zero-order chi connectivity index (χ0) is 34.1. The minimum atomic E-state index is -1.43. The highest BCUT2D eigenvalue weighted by Crippen LogP contribution is 2.45. The van der Waals surface area contributed by atoms with Gasteiger partial charge in [0.1, 0.15) is 23.2 Å². The molecular formula is C34H41N7O6S. The fraction of sp³-hybridized carbons (Fsp3) is 0.500. The third-order valence-electron chi connectivity index (χ3n) is 9.08. The molecule has 1 saturated carbocycles. The number of hydrogen-bond donors (Lipinski definition) is 3. The SMILES string of the molecule is CC(C)(C)OC(=O)N[C@@H]1CCCCC/C=C\[C@@H]2C[C@]2(C(=O)O)NC(=O)[C@@H]2C[C@H](n3nnc(-c4ccc(-c5ccsc5)cc4)n3)CN2C1=O. The van der Waals surface area contributed by atoms with Crippen LogP contribution in [0.25, 0.3) is 22.5 Å². The maximum absolute atomic E-state index is 14.2. The van der Waals surface area contributed by atoms with Crippen molar-refractivity contribution >= 4 is 35.2 Å². The Morgan fingerprint density at radius 1 is 1.08 bits per heavy atom. The molecule has 1 aromatic carbocycles. The molecule has 3 amide bonds. The minimum absolute atomic E-state index is 0.0692. The Morgan fingerprint density at radius 2 is 1.85 bits per heavy atom. The lowest BCUT2D eigenvalue weighted by Crippen LogP contribution is -2.56. The Bertz CT molecular complexity index is 1680. The predicted octanol–water partition coefficient (Wildman–Crippen LogP) is 4.58. The molecule has 2 fully saturated rings. The summed E-state index contributed by atoms with van der Waals surface area (Å²) in [4.78, 5) is 56.2. The van der Waals surface area contributed by atoms with E-state index in [0.29, 0.717) is 18.7 Å². The smallest absolute Gasteiger partial charge is 0.408 e. The molecule has 1 aliphatic carbocycles. The number of rotatable bonds is 5. The van der Waals surface area contributed by atoms with Gasteiger partial charge >= 0.3 is 12.1 Å². The summed E-state index contributed by atoms with van der Waals surface area (Å²) in [6.07, 6.45) is 6.94. The summed E-state index contributed by atoms with van der Waals surface area (Å²) >= 11 is 1.63. The second-order valence-electron chi connectivity index (χ2n) is 13.8. The molecule has 2 aliphatic heterocycles. The van der Waals surface area contributed by atoms with E-state index in [4.69, 9.17) is 4.74 Å². The van der Waals surface area contributed by atoms with Crippen molar-refractivity contribution in [2.75, 3.05) is 6.54 Å². The van der Waals surface area contributed by atoms with Crippen LogP contribution in [0.1, 0.15) is 71.8 Å². The molecule has 6 rings (SSSR count). The molecule has 254 valence electrons. The van der Waals surface area contributed by atoms with Crippen molar-refractivity contribution < 1.29 is 29.0 Å². The lowest BCUT2D eigenvalue weighted by atomic mass is 10.0. The molecule has 5 atom stereocenters. The molecule has 3 aromatic rings. The molecule has 2 aromatic heterocycles. The average molecular weight is 676 g/mol. The molecule has 48 heavy (non-hydrogen) atoms. The van der Waals surface area contributed by atoms with E-state index in [1.807, 2.05) is 41.8 Å². The number of allylic oxidation sites excluding steroid dienone is 1. The number of amides is 3. The highest BCUT2D eigenvalue weighted by molar-refractivity contribution is 7.08. The second kappa shape index (κ2) is 13.5. The minimum Gasteiger partial charge on any atom is -0.479 e. The van der Waals surface area contributed by atoms with E-state index < -0.39 is 53.1 Å². The molecule has 0 radical (unpaired) electrons. The van der Waals surface area contributed by atoms with Crippen LogP contribution in [0.15, 0.2) is 53.2 Å². The number of nitrogens with zero attached hydrogens (tertiary/aromatic N) is 5. The normalized spacial score (nSPS) is 27.1.